The van der Waals surface area contributed by atoms with Crippen LogP contribution in [0.2, 0.25) is 0 Å². The Morgan fingerprint density at radius 3 is 2.27 bits per heavy atom. The van der Waals surface area contributed by atoms with Gasteiger partial charge in [0.15, 0.2) is 24.0 Å². The number of ketones is 2. The van der Waals surface area contributed by atoms with Gasteiger partial charge in [-0.15, -0.1) is 0 Å². The molecule has 0 unspecified atom stereocenters. The summed E-state index contributed by atoms with van der Waals surface area (Å²) in [6, 6.07) is 2.60. The summed E-state index contributed by atoms with van der Waals surface area (Å²) >= 11 is 0. The fourth-order valence-corrected chi connectivity index (χ4v) is 8.55. The van der Waals surface area contributed by atoms with Gasteiger partial charge in [0.25, 0.3) is 0 Å². The molecule has 15 heteroatoms. The number of carbonyl (C=O) groups excluding carboxylic acids is 3. The lowest BCUT2D eigenvalue weighted by molar-refractivity contribution is -0.332. The van der Waals surface area contributed by atoms with E-state index in [1.54, 1.807) is 13.8 Å². The van der Waals surface area contributed by atoms with E-state index in [1.807, 2.05) is 0 Å². The van der Waals surface area contributed by atoms with E-state index in [0.717, 1.165) is 6.92 Å². The second-order valence-electron chi connectivity index (χ2n) is 14.1. The number of hydrogen-bond acceptors (Lipinski definition) is 15. The molecule has 1 aromatic rings. The summed E-state index contributed by atoms with van der Waals surface area (Å²) in [5, 5.41) is 79.5. The van der Waals surface area contributed by atoms with Crippen molar-refractivity contribution in [3.63, 3.8) is 0 Å². The molecule has 7 N–H and O–H groups in total. The van der Waals surface area contributed by atoms with Crippen molar-refractivity contribution < 1.29 is 73.8 Å². The van der Waals surface area contributed by atoms with Crippen LogP contribution in [0.3, 0.4) is 0 Å². The van der Waals surface area contributed by atoms with Gasteiger partial charge in [0, 0.05) is 44.4 Å². The van der Waals surface area contributed by atoms with Crippen LogP contribution in [0.1, 0.15) is 79.3 Å². The van der Waals surface area contributed by atoms with Gasteiger partial charge in [0.2, 0.25) is 0 Å². The number of hydrogen-bond donors (Lipinski definition) is 7. The first-order valence-electron chi connectivity index (χ1n) is 16.4. The molecule has 5 aliphatic rings. The zero-order valence-electron chi connectivity index (χ0n) is 27.8. The third kappa shape index (κ3) is 5.46. The van der Waals surface area contributed by atoms with Gasteiger partial charge in [-0.05, 0) is 20.8 Å². The van der Waals surface area contributed by atoms with Crippen LogP contribution in [0.5, 0.6) is 5.75 Å². The van der Waals surface area contributed by atoms with Crippen LogP contribution in [0, 0.1) is 11.8 Å². The molecule has 2 aliphatic heterocycles. The Balaban J connectivity index is 1.47. The second kappa shape index (κ2) is 12.7. The predicted molar refractivity (Wildman–Crippen MR) is 164 cm³/mol. The lowest BCUT2D eigenvalue weighted by atomic mass is 9.49. The Hall–Kier alpha value is -2.83. The lowest BCUT2D eigenvalue weighted by Gasteiger charge is -2.62. The van der Waals surface area contributed by atoms with Crippen molar-refractivity contribution >= 4 is 17.5 Å². The zero-order valence-corrected chi connectivity index (χ0v) is 27.8. The highest BCUT2D eigenvalue weighted by atomic mass is 16.7. The Morgan fingerprint density at radius 1 is 0.959 bits per heavy atom. The first-order chi connectivity index (χ1) is 23.0. The molecular formula is C34H44O15. The van der Waals surface area contributed by atoms with Crippen LogP contribution < -0.4 is 0 Å². The first-order valence-corrected chi connectivity index (χ1v) is 16.4. The Morgan fingerprint density at radius 2 is 1.63 bits per heavy atom. The van der Waals surface area contributed by atoms with Gasteiger partial charge in [0.05, 0.1) is 47.9 Å². The summed E-state index contributed by atoms with van der Waals surface area (Å²) in [5.41, 5.74) is -5.58. The molecule has 2 saturated heterocycles. The maximum atomic E-state index is 14.6. The van der Waals surface area contributed by atoms with Crippen molar-refractivity contribution in [2.24, 2.45) is 11.8 Å². The number of Topliss-reactive ketones (excluding diaryl/α,β-unsaturated/α-hetero) is 2. The molecular weight excluding hydrogens is 648 g/mol. The van der Waals surface area contributed by atoms with Crippen molar-refractivity contribution in [1.29, 1.82) is 0 Å². The molecule has 3 fully saturated rings. The monoisotopic (exact) mass is 692 g/mol. The van der Waals surface area contributed by atoms with Crippen LogP contribution in [0.4, 0.5) is 0 Å². The molecule has 270 valence electrons. The number of rotatable bonds is 5. The van der Waals surface area contributed by atoms with Crippen LogP contribution in [-0.4, -0.2) is 133 Å². The minimum atomic E-state index is -2.72. The standard InChI is InChI=1S/C34H44O15/c1-12-8-21(49-22-10-20(45-5)27(38)14(3)47-22)34(44)25-24(31(42)32(48-15(4)35)33(34,43)11-12)30(41)23-17(29(25)40)7-6-16(28(23)39)19-9-18(36)26(37)13(2)46-19/h6-8,13-14,18-22,24-27,31-32,36-39,42-44H,9-11H2,1-5H3/t13-,14+,18+,19+,20-,21-,22-,24+,25+,26-,27+,31-,32+,33+,34-/m1/s1. The number of phenols is 1. The number of benzene rings is 1. The lowest BCUT2D eigenvalue weighted by Crippen LogP contribution is -2.81. The van der Waals surface area contributed by atoms with Crippen LogP contribution in [0.25, 0.3) is 0 Å². The van der Waals surface area contributed by atoms with E-state index >= 15 is 0 Å². The predicted octanol–water partition coefficient (Wildman–Crippen LogP) is -0.410. The highest BCUT2D eigenvalue weighted by Gasteiger charge is 2.76. The highest BCUT2D eigenvalue weighted by molar-refractivity contribution is 6.18. The molecule has 0 aromatic heterocycles. The summed E-state index contributed by atoms with van der Waals surface area (Å²) in [7, 11) is 1.40. The van der Waals surface area contributed by atoms with Crippen molar-refractivity contribution in [3.8, 4) is 5.75 Å². The van der Waals surface area contributed by atoms with Crippen LogP contribution in [-0.2, 0) is 28.5 Å². The van der Waals surface area contributed by atoms with E-state index in [0.29, 0.717) is 5.57 Å². The molecule has 1 saturated carbocycles. The largest absolute Gasteiger partial charge is 0.507 e. The summed E-state index contributed by atoms with van der Waals surface area (Å²) in [6.45, 7) is 5.74. The molecule has 1 aromatic carbocycles. The minimum Gasteiger partial charge on any atom is -0.507 e. The van der Waals surface area contributed by atoms with E-state index in [4.69, 9.17) is 23.7 Å². The smallest absolute Gasteiger partial charge is 0.303 e. The van der Waals surface area contributed by atoms with Crippen molar-refractivity contribution in [2.75, 3.05) is 7.11 Å². The summed E-state index contributed by atoms with van der Waals surface area (Å²) in [5.74, 6) is -7.19. The van der Waals surface area contributed by atoms with Gasteiger partial charge in [-0.1, -0.05) is 23.8 Å². The number of ether oxygens (including phenoxy) is 5. The average Bonchev–Trinajstić information content (AvgIpc) is 3.02. The van der Waals surface area contributed by atoms with Crippen LogP contribution in [0.15, 0.2) is 23.8 Å². The number of esters is 1. The Kier molecular flexibility index (Phi) is 9.35. The number of methoxy groups -OCH3 is 1. The van der Waals surface area contributed by atoms with E-state index in [-0.39, 0.29) is 30.4 Å². The number of fused-ring (bicyclic) bond motifs is 4. The van der Waals surface area contributed by atoms with Gasteiger partial charge in [-0.25, -0.2) is 0 Å². The minimum absolute atomic E-state index is 0.00998. The number of phenolic OH excluding ortho intramolecular Hbond substituents is 1. The summed E-state index contributed by atoms with van der Waals surface area (Å²) < 4.78 is 28.7. The maximum absolute atomic E-state index is 14.6. The SMILES string of the molecule is CO[C@@H]1C[C@@H](O[C@@H]2C=C(C)C[C@]3(O)[C@@H](OC(C)=O)[C@H](O)[C@@H]4C(=O)c5c(ccc([C@@H]6C[C@H](O)[C@H](O)[C@@H](C)O6)c5O)C(=O)[C@H]4[C@]23O)O[C@@H](C)[C@@H]1O. The average molecular weight is 693 g/mol. The van der Waals surface area contributed by atoms with Gasteiger partial charge in [-0.2, -0.15) is 0 Å². The topological polar surface area (TPSA) is 239 Å². The number of aliphatic hydroxyl groups excluding tert-OH is 4. The van der Waals surface area contributed by atoms with E-state index in [1.165, 1.54) is 32.2 Å². The van der Waals surface area contributed by atoms with Gasteiger partial charge < -0.3 is 59.4 Å². The normalized spacial score (nSPS) is 45.1. The number of aromatic hydroxyl groups is 1. The molecule has 0 spiro atoms. The van der Waals surface area contributed by atoms with Crippen molar-refractivity contribution in [2.45, 2.75) is 125 Å². The third-order valence-electron chi connectivity index (χ3n) is 11.0. The first kappa shape index (κ1) is 36.0. The molecule has 49 heavy (non-hydrogen) atoms. The maximum Gasteiger partial charge on any atom is 0.303 e. The molecule has 0 amide bonds. The van der Waals surface area contributed by atoms with Crippen molar-refractivity contribution in [3.05, 3.63) is 40.5 Å². The number of aliphatic hydroxyl groups is 6. The van der Waals surface area contributed by atoms with E-state index in [9.17, 15) is 50.1 Å². The summed E-state index contributed by atoms with van der Waals surface area (Å²) in [4.78, 5) is 41.4. The van der Waals surface area contributed by atoms with Crippen molar-refractivity contribution in [1.82, 2.24) is 0 Å². The van der Waals surface area contributed by atoms with E-state index in [2.05, 4.69) is 0 Å². The second-order valence-corrected chi connectivity index (χ2v) is 14.1. The fourth-order valence-electron chi connectivity index (χ4n) is 8.55. The molecule has 15 nitrogen and oxygen atoms in total. The quantitative estimate of drug-likeness (QED) is 0.153. The van der Waals surface area contributed by atoms with Gasteiger partial charge >= 0.3 is 5.97 Å². The molecule has 0 radical (unpaired) electrons. The highest BCUT2D eigenvalue weighted by Crippen LogP contribution is 2.58. The van der Waals surface area contributed by atoms with Gasteiger partial charge in [-0.3, -0.25) is 14.4 Å². The molecule has 3 aliphatic carbocycles. The Labute approximate surface area is 282 Å². The van der Waals surface area contributed by atoms with E-state index < -0.39 is 119 Å². The number of carbonyl (C=O) groups is 3. The molecule has 2 heterocycles. The molecule has 6 rings (SSSR count). The Bertz CT molecular complexity index is 1530. The zero-order chi connectivity index (χ0) is 35.9. The molecule has 15 atom stereocenters. The summed E-state index contributed by atoms with van der Waals surface area (Å²) in [6.07, 6.45) is -12.5. The van der Waals surface area contributed by atoms with Gasteiger partial charge in [0.1, 0.15) is 41.4 Å². The molecule has 0 bridgehead atoms. The third-order valence-corrected chi connectivity index (χ3v) is 11.0. The fraction of sp³-hybridized carbons (Fsp3) is 0.676. The van der Waals surface area contributed by atoms with Crippen LogP contribution >= 0.6 is 0 Å².